The monoisotopic (exact) mass is 316 g/mol. The highest BCUT2D eigenvalue weighted by Crippen LogP contribution is 2.32. The van der Waals surface area contributed by atoms with Crippen molar-refractivity contribution in [3.63, 3.8) is 0 Å². The summed E-state index contributed by atoms with van der Waals surface area (Å²) in [6, 6.07) is 8.63. The number of aryl methyl sites for hydroxylation is 2. The highest BCUT2D eigenvalue weighted by molar-refractivity contribution is 5.77. The zero-order valence-corrected chi connectivity index (χ0v) is 13.3. The quantitative estimate of drug-likeness (QED) is 0.842. The molecule has 4 nitrogen and oxygen atoms in total. The van der Waals surface area contributed by atoms with Crippen molar-refractivity contribution in [2.75, 3.05) is 6.54 Å². The van der Waals surface area contributed by atoms with Gasteiger partial charge in [0.05, 0.1) is 11.7 Å². The predicted octanol–water partition coefficient (Wildman–Crippen LogP) is 3.81. The van der Waals surface area contributed by atoms with E-state index in [2.05, 4.69) is 5.16 Å². The summed E-state index contributed by atoms with van der Waals surface area (Å²) in [5.41, 5.74) is 1.50. The lowest BCUT2D eigenvalue weighted by Gasteiger charge is -2.22. The first kappa shape index (κ1) is 15.7. The van der Waals surface area contributed by atoms with Crippen LogP contribution in [0.3, 0.4) is 0 Å². The molecule has 2 aromatic rings. The van der Waals surface area contributed by atoms with Gasteiger partial charge in [-0.25, -0.2) is 4.39 Å². The van der Waals surface area contributed by atoms with Gasteiger partial charge in [-0.05, 0) is 44.2 Å². The third kappa shape index (κ3) is 3.60. The maximum atomic E-state index is 13.6. The Morgan fingerprint density at radius 3 is 3.00 bits per heavy atom. The van der Waals surface area contributed by atoms with Crippen LogP contribution in [-0.2, 0) is 11.2 Å². The SMILES string of the molecule is Cc1cc(C2CCCN2C(=O)CCCc2ccccc2F)on1. The Hall–Kier alpha value is -2.17. The number of aromatic nitrogens is 1. The number of rotatable bonds is 5. The molecule has 0 saturated carbocycles. The van der Waals surface area contributed by atoms with Gasteiger partial charge in [0.25, 0.3) is 0 Å². The van der Waals surface area contributed by atoms with Crippen LogP contribution in [0.4, 0.5) is 4.39 Å². The molecule has 0 N–H and O–H groups in total. The van der Waals surface area contributed by atoms with E-state index in [4.69, 9.17) is 4.52 Å². The number of hydrogen-bond acceptors (Lipinski definition) is 3. The van der Waals surface area contributed by atoms with Gasteiger partial charge in [-0.3, -0.25) is 4.79 Å². The third-order valence-electron chi connectivity index (χ3n) is 4.34. The largest absolute Gasteiger partial charge is 0.359 e. The topological polar surface area (TPSA) is 46.3 Å². The van der Waals surface area contributed by atoms with E-state index in [-0.39, 0.29) is 17.8 Å². The van der Waals surface area contributed by atoms with Crippen LogP contribution in [0.1, 0.15) is 48.7 Å². The van der Waals surface area contributed by atoms with Gasteiger partial charge in [0, 0.05) is 19.0 Å². The molecule has 0 bridgehead atoms. The van der Waals surface area contributed by atoms with Gasteiger partial charge < -0.3 is 9.42 Å². The summed E-state index contributed by atoms with van der Waals surface area (Å²) in [6.07, 6.45) is 3.55. The summed E-state index contributed by atoms with van der Waals surface area (Å²) in [6.45, 7) is 2.63. The Morgan fingerprint density at radius 2 is 2.26 bits per heavy atom. The number of hydrogen-bond donors (Lipinski definition) is 0. The smallest absolute Gasteiger partial charge is 0.223 e. The fourth-order valence-electron chi connectivity index (χ4n) is 3.18. The summed E-state index contributed by atoms with van der Waals surface area (Å²) in [5.74, 6) is 0.677. The molecule has 1 aromatic heterocycles. The molecule has 0 radical (unpaired) electrons. The number of nitrogens with zero attached hydrogens (tertiary/aromatic N) is 2. The van der Waals surface area contributed by atoms with E-state index >= 15 is 0 Å². The second-order valence-electron chi connectivity index (χ2n) is 6.06. The van der Waals surface area contributed by atoms with Gasteiger partial charge in [0.15, 0.2) is 5.76 Å². The molecule has 1 aliphatic heterocycles. The average Bonchev–Trinajstić information content (AvgIpc) is 3.17. The van der Waals surface area contributed by atoms with Crippen molar-refractivity contribution in [2.45, 2.75) is 45.1 Å². The van der Waals surface area contributed by atoms with Gasteiger partial charge in [-0.1, -0.05) is 23.4 Å². The van der Waals surface area contributed by atoms with Crippen LogP contribution in [0.25, 0.3) is 0 Å². The van der Waals surface area contributed by atoms with Crippen LogP contribution >= 0.6 is 0 Å². The second kappa shape index (κ2) is 6.94. The minimum Gasteiger partial charge on any atom is -0.359 e. The first-order chi connectivity index (χ1) is 11.1. The number of halogens is 1. The van der Waals surface area contributed by atoms with Crippen molar-refractivity contribution in [1.29, 1.82) is 0 Å². The number of carbonyl (C=O) groups is 1. The molecule has 3 rings (SSSR count). The van der Waals surface area contributed by atoms with Crippen molar-refractivity contribution in [3.8, 4) is 0 Å². The van der Waals surface area contributed by atoms with Crippen LogP contribution in [0.5, 0.6) is 0 Å². The Kier molecular flexibility index (Phi) is 4.74. The first-order valence-corrected chi connectivity index (χ1v) is 8.11. The van der Waals surface area contributed by atoms with Gasteiger partial charge >= 0.3 is 0 Å². The molecule has 1 saturated heterocycles. The summed E-state index contributed by atoms with van der Waals surface area (Å²) in [4.78, 5) is 14.4. The van der Waals surface area contributed by atoms with Gasteiger partial charge in [0.1, 0.15) is 5.82 Å². The Balaban J connectivity index is 1.56. The molecule has 1 atom stereocenters. The lowest BCUT2D eigenvalue weighted by atomic mass is 10.1. The lowest BCUT2D eigenvalue weighted by Crippen LogP contribution is -2.30. The standard InChI is InChI=1S/C18H21FN2O2/c1-13-12-17(23-20-13)16-9-5-11-21(16)18(22)10-4-7-14-6-2-3-8-15(14)19/h2-3,6,8,12,16H,4-5,7,9-11H2,1H3. The van der Waals surface area contributed by atoms with Crippen LogP contribution in [0.2, 0.25) is 0 Å². The van der Waals surface area contributed by atoms with Crippen LogP contribution in [-0.4, -0.2) is 22.5 Å². The first-order valence-electron chi connectivity index (χ1n) is 8.11. The Bertz CT molecular complexity index is 683. The summed E-state index contributed by atoms with van der Waals surface area (Å²) in [7, 11) is 0. The molecule has 1 aromatic carbocycles. The molecule has 23 heavy (non-hydrogen) atoms. The van der Waals surface area contributed by atoms with Crippen LogP contribution in [0, 0.1) is 12.7 Å². The maximum absolute atomic E-state index is 13.6. The predicted molar refractivity (Wildman–Crippen MR) is 84.3 cm³/mol. The van der Waals surface area contributed by atoms with Crippen molar-refractivity contribution in [2.24, 2.45) is 0 Å². The molecule has 122 valence electrons. The zero-order valence-electron chi connectivity index (χ0n) is 13.3. The third-order valence-corrected chi connectivity index (χ3v) is 4.34. The zero-order chi connectivity index (χ0) is 16.2. The minimum absolute atomic E-state index is 0.00263. The summed E-state index contributed by atoms with van der Waals surface area (Å²) in [5, 5.41) is 3.91. The molecule has 1 unspecified atom stereocenters. The van der Waals surface area contributed by atoms with E-state index in [1.807, 2.05) is 24.0 Å². The van der Waals surface area contributed by atoms with E-state index in [0.717, 1.165) is 30.8 Å². The highest BCUT2D eigenvalue weighted by Gasteiger charge is 2.32. The Morgan fingerprint density at radius 1 is 1.43 bits per heavy atom. The molecule has 1 aliphatic rings. The second-order valence-corrected chi connectivity index (χ2v) is 6.06. The van der Waals surface area contributed by atoms with Crippen molar-refractivity contribution in [1.82, 2.24) is 10.1 Å². The summed E-state index contributed by atoms with van der Waals surface area (Å²) >= 11 is 0. The lowest BCUT2D eigenvalue weighted by molar-refractivity contribution is -0.132. The van der Waals surface area contributed by atoms with E-state index < -0.39 is 0 Å². The number of carbonyl (C=O) groups excluding carboxylic acids is 1. The van der Waals surface area contributed by atoms with Crippen LogP contribution in [0.15, 0.2) is 34.9 Å². The molecule has 0 aliphatic carbocycles. The highest BCUT2D eigenvalue weighted by atomic mass is 19.1. The number of benzene rings is 1. The molecular formula is C18H21FN2O2. The summed E-state index contributed by atoms with van der Waals surface area (Å²) < 4.78 is 18.9. The van der Waals surface area contributed by atoms with Crippen molar-refractivity contribution < 1.29 is 13.7 Å². The minimum atomic E-state index is -0.198. The van der Waals surface area contributed by atoms with Crippen LogP contribution < -0.4 is 0 Å². The molecule has 0 spiro atoms. The normalized spacial score (nSPS) is 17.7. The maximum Gasteiger partial charge on any atom is 0.223 e. The van der Waals surface area contributed by atoms with Crippen molar-refractivity contribution >= 4 is 5.91 Å². The molecular weight excluding hydrogens is 295 g/mol. The fraction of sp³-hybridized carbons (Fsp3) is 0.444. The number of amides is 1. The van der Waals surface area contributed by atoms with E-state index in [9.17, 15) is 9.18 Å². The van der Waals surface area contributed by atoms with Gasteiger partial charge in [-0.15, -0.1) is 0 Å². The Labute approximate surface area is 135 Å². The fourth-order valence-corrected chi connectivity index (χ4v) is 3.18. The molecule has 1 amide bonds. The number of likely N-dealkylation sites (tertiary alicyclic amines) is 1. The van der Waals surface area contributed by atoms with E-state index in [1.54, 1.807) is 12.1 Å². The van der Waals surface area contributed by atoms with Crippen molar-refractivity contribution in [3.05, 3.63) is 53.2 Å². The molecule has 1 fully saturated rings. The molecule has 2 heterocycles. The van der Waals surface area contributed by atoms with Gasteiger partial charge in [0.2, 0.25) is 5.91 Å². The van der Waals surface area contributed by atoms with E-state index in [0.29, 0.717) is 24.8 Å². The molecule has 5 heteroatoms. The average molecular weight is 316 g/mol. The van der Waals surface area contributed by atoms with E-state index in [1.165, 1.54) is 6.07 Å². The van der Waals surface area contributed by atoms with Gasteiger partial charge in [-0.2, -0.15) is 0 Å².